The lowest BCUT2D eigenvalue weighted by Gasteiger charge is -2.19. The highest BCUT2D eigenvalue weighted by molar-refractivity contribution is 6.20. The topological polar surface area (TPSA) is 21.3 Å². The molecule has 0 aliphatic carbocycles. The van der Waals surface area contributed by atoms with E-state index in [0.29, 0.717) is 6.10 Å². The zero-order valence-corrected chi connectivity index (χ0v) is 9.53. The zero-order chi connectivity index (χ0) is 9.90. The average molecular weight is 206 g/mol. The maximum absolute atomic E-state index is 5.82. The first kappa shape index (κ1) is 11.3. The van der Waals surface area contributed by atoms with Gasteiger partial charge in [0, 0.05) is 18.5 Å². The molecule has 2 nitrogen and oxygen atoms in total. The molecule has 1 aliphatic rings. The number of nitrogens with one attached hydrogen (secondary N) is 1. The van der Waals surface area contributed by atoms with Crippen LogP contribution in [-0.4, -0.2) is 30.2 Å². The fourth-order valence-corrected chi connectivity index (χ4v) is 1.77. The van der Waals surface area contributed by atoms with Crippen molar-refractivity contribution in [2.24, 2.45) is 0 Å². The van der Waals surface area contributed by atoms with Crippen molar-refractivity contribution >= 4 is 11.6 Å². The van der Waals surface area contributed by atoms with Gasteiger partial charge >= 0.3 is 0 Å². The van der Waals surface area contributed by atoms with Crippen LogP contribution in [0.1, 0.15) is 33.6 Å². The van der Waals surface area contributed by atoms with Crippen LogP contribution in [-0.2, 0) is 4.74 Å². The third-order valence-corrected chi connectivity index (χ3v) is 2.51. The van der Waals surface area contributed by atoms with Crippen molar-refractivity contribution in [1.29, 1.82) is 0 Å². The Labute approximate surface area is 86.0 Å². The molecule has 1 saturated heterocycles. The van der Waals surface area contributed by atoms with Gasteiger partial charge in [-0.05, 0) is 33.6 Å². The molecule has 1 N–H and O–H groups in total. The van der Waals surface area contributed by atoms with E-state index in [2.05, 4.69) is 19.2 Å². The molecule has 0 spiro atoms. The molecule has 1 heterocycles. The van der Waals surface area contributed by atoms with Gasteiger partial charge in [0.15, 0.2) is 0 Å². The first-order chi connectivity index (χ1) is 5.99. The zero-order valence-electron chi connectivity index (χ0n) is 8.77. The maximum Gasteiger partial charge on any atom is 0.0707 e. The number of ether oxygens (including phenoxy) is 1. The van der Waals surface area contributed by atoms with E-state index in [0.717, 1.165) is 25.9 Å². The Kier molecular flexibility index (Phi) is 4.02. The van der Waals surface area contributed by atoms with Crippen molar-refractivity contribution in [2.75, 3.05) is 13.1 Å². The molecule has 13 heavy (non-hydrogen) atoms. The van der Waals surface area contributed by atoms with Crippen LogP contribution in [0.4, 0.5) is 0 Å². The van der Waals surface area contributed by atoms with Gasteiger partial charge in [-0.15, -0.1) is 11.6 Å². The lowest BCUT2D eigenvalue weighted by atomic mass is 10.1. The van der Waals surface area contributed by atoms with E-state index in [1.165, 1.54) is 0 Å². The first-order valence-corrected chi connectivity index (χ1v) is 5.46. The molecule has 0 aromatic rings. The van der Waals surface area contributed by atoms with E-state index in [4.69, 9.17) is 16.3 Å². The summed E-state index contributed by atoms with van der Waals surface area (Å²) in [7, 11) is 0. The lowest BCUT2D eigenvalue weighted by molar-refractivity contribution is -0.0140. The van der Waals surface area contributed by atoms with Gasteiger partial charge in [0.05, 0.1) is 11.7 Å². The Bertz CT molecular complexity index is 159. The van der Waals surface area contributed by atoms with E-state index in [1.54, 1.807) is 0 Å². The van der Waals surface area contributed by atoms with Crippen molar-refractivity contribution in [3.8, 4) is 0 Å². The highest BCUT2D eigenvalue weighted by atomic mass is 35.5. The molecule has 1 aliphatic heterocycles. The molecular formula is C10H20ClNO. The third-order valence-electron chi connectivity index (χ3n) is 2.35. The van der Waals surface area contributed by atoms with Crippen molar-refractivity contribution in [3.63, 3.8) is 0 Å². The largest absolute Gasteiger partial charge is 0.371 e. The predicted molar refractivity (Wildman–Crippen MR) is 56.4 cm³/mol. The Balaban J connectivity index is 2.11. The molecular weight excluding hydrogens is 186 g/mol. The van der Waals surface area contributed by atoms with Crippen molar-refractivity contribution in [3.05, 3.63) is 0 Å². The number of alkyl halides is 1. The summed E-state index contributed by atoms with van der Waals surface area (Å²) >= 11 is 5.82. The Morgan fingerprint density at radius 2 is 2.31 bits per heavy atom. The minimum Gasteiger partial charge on any atom is -0.371 e. The maximum atomic E-state index is 5.82. The molecule has 0 bridgehead atoms. The van der Waals surface area contributed by atoms with Crippen molar-refractivity contribution in [2.45, 2.75) is 50.7 Å². The van der Waals surface area contributed by atoms with Gasteiger partial charge in [-0.3, -0.25) is 0 Å². The molecule has 0 radical (unpaired) electrons. The molecule has 2 atom stereocenters. The van der Waals surface area contributed by atoms with Crippen LogP contribution in [0.2, 0.25) is 0 Å². The fourth-order valence-electron chi connectivity index (χ4n) is 1.66. The highest BCUT2D eigenvalue weighted by Gasteiger charge is 2.30. The molecule has 3 heteroatoms. The summed E-state index contributed by atoms with van der Waals surface area (Å²) in [6.07, 6.45) is 2.71. The van der Waals surface area contributed by atoms with Crippen LogP contribution in [0.5, 0.6) is 0 Å². The SMILES string of the molecule is CC(Cl)CNCC1CCC(C)(C)O1. The van der Waals surface area contributed by atoms with Gasteiger partial charge in [0.1, 0.15) is 0 Å². The molecule has 0 amide bonds. The van der Waals surface area contributed by atoms with Crippen LogP contribution in [0.3, 0.4) is 0 Å². The molecule has 0 aromatic carbocycles. The molecule has 2 unspecified atom stereocenters. The number of rotatable bonds is 4. The molecule has 1 rings (SSSR count). The standard InChI is InChI=1S/C10H20ClNO/c1-8(11)6-12-7-9-4-5-10(2,3)13-9/h8-9,12H,4-7H2,1-3H3. The van der Waals surface area contributed by atoms with Crippen LogP contribution in [0.25, 0.3) is 0 Å². The Morgan fingerprint density at radius 1 is 1.62 bits per heavy atom. The van der Waals surface area contributed by atoms with Crippen LogP contribution in [0, 0.1) is 0 Å². The van der Waals surface area contributed by atoms with Gasteiger partial charge in [-0.1, -0.05) is 0 Å². The highest BCUT2D eigenvalue weighted by Crippen LogP contribution is 2.28. The average Bonchev–Trinajstić information content (AvgIpc) is 2.29. The molecule has 1 fully saturated rings. The smallest absolute Gasteiger partial charge is 0.0707 e. The summed E-state index contributed by atoms with van der Waals surface area (Å²) < 4.78 is 5.82. The van der Waals surface area contributed by atoms with E-state index in [1.807, 2.05) is 6.92 Å². The van der Waals surface area contributed by atoms with Gasteiger partial charge in [-0.25, -0.2) is 0 Å². The van der Waals surface area contributed by atoms with Gasteiger partial charge in [-0.2, -0.15) is 0 Å². The minimum absolute atomic E-state index is 0.0823. The van der Waals surface area contributed by atoms with Crippen LogP contribution < -0.4 is 5.32 Å². The third kappa shape index (κ3) is 4.30. The normalized spacial score (nSPS) is 29.1. The van der Waals surface area contributed by atoms with Crippen LogP contribution >= 0.6 is 11.6 Å². The summed E-state index contributed by atoms with van der Waals surface area (Å²) in [5.41, 5.74) is 0.0823. The van der Waals surface area contributed by atoms with Gasteiger partial charge in [0.2, 0.25) is 0 Å². The second-order valence-electron chi connectivity index (χ2n) is 4.48. The summed E-state index contributed by atoms with van der Waals surface area (Å²) in [4.78, 5) is 0. The summed E-state index contributed by atoms with van der Waals surface area (Å²) in [5, 5.41) is 3.51. The molecule has 78 valence electrons. The van der Waals surface area contributed by atoms with E-state index < -0.39 is 0 Å². The lowest BCUT2D eigenvalue weighted by Crippen LogP contribution is -2.32. The molecule has 0 saturated carbocycles. The van der Waals surface area contributed by atoms with Gasteiger partial charge < -0.3 is 10.1 Å². The molecule has 0 aromatic heterocycles. The van der Waals surface area contributed by atoms with Crippen LogP contribution in [0.15, 0.2) is 0 Å². The van der Waals surface area contributed by atoms with Crippen molar-refractivity contribution in [1.82, 2.24) is 5.32 Å². The minimum atomic E-state index is 0.0823. The van der Waals surface area contributed by atoms with E-state index in [-0.39, 0.29) is 11.0 Å². The summed E-state index contributed by atoms with van der Waals surface area (Å²) in [5.74, 6) is 0. The van der Waals surface area contributed by atoms with E-state index in [9.17, 15) is 0 Å². The first-order valence-electron chi connectivity index (χ1n) is 5.02. The number of halogens is 1. The fraction of sp³-hybridized carbons (Fsp3) is 1.00. The Morgan fingerprint density at radius 3 is 2.77 bits per heavy atom. The van der Waals surface area contributed by atoms with E-state index >= 15 is 0 Å². The Hall–Kier alpha value is 0.210. The number of hydrogen-bond donors (Lipinski definition) is 1. The predicted octanol–water partition coefficient (Wildman–Crippen LogP) is 2.16. The second-order valence-corrected chi connectivity index (χ2v) is 5.22. The van der Waals surface area contributed by atoms with Crippen molar-refractivity contribution < 1.29 is 4.74 Å². The summed E-state index contributed by atoms with van der Waals surface area (Å²) in [6, 6.07) is 0. The monoisotopic (exact) mass is 205 g/mol. The summed E-state index contributed by atoms with van der Waals surface area (Å²) in [6.45, 7) is 8.09. The second kappa shape index (κ2) is 4.63. The quantitative estimate of drug-likeness (QED) is 0.711. The number of hydrogen-bond acceptors (Lipinski definition) is 2. The van der Waals surface area contributed by atoms with Gasteiger partial charge in [0.25, 0.3) is 0 Å².